The van der Waals surface area contributed by atoms with Crippen molar-refractivity contribution < 1.29 is 24.2 Å². The quantitative estimate of drug-likeness (QED) is 0.0921. The topological polar surface area (TPSA) is 79.3 Å². The molecule has 5 atom stereocenters. The summed E-state index contributed by atoms with van der Waals surface area (Å²) in [6.45, 7) is 4.22. The normalized spacial score (nSPS) is 25.6. The average molecular weight is 705 g/mol. The van der Waals surface area contributed by atoms with Gasteiger partial charge in [-0.3, -0.25) is 14.5 Å². The summed E-state index contributed by atoms with van der Waals surface area (Å²) in [5, 5.41) is 11.5. The standard InChI is InChI=1S/C45H56N2O5/c1-31(48)51-40-29-39(49)35-28-38-36-23-24-37(44-45(36,42(35)43(40)52-44)25-27-46(38)30-34-21-22-34)47(26-13-19-33-17-10-6-11-18-33)41(50)20-12-4-2-3-7-14-32-15-8-5-9-16-32/h5-6,8-11,15-18,29,34,36-38,44,49H,2-4,7,12-14,19-28,30H2,1H3/t36-,37-,38+,44-,45-/m0/s1. The molecule has 5 aliphatic rings. The molecular formula is C45H56N2O5. The van der Waals surface area contributed by atoms with Gasteiger partial charge in [-0.1, -0.05) is 79.9 Å². The first-order valence-corrected chi connectivity index (χ1v) is 20.3. The van der Waals surface area contributed by atoms with Crippen LogP contribution in [-0.2, 0) is 34.3 Å². The number of benzene rings is 3. The minimum atomic E-state index is -0.426. The second-order valence-electron chi connectivity index (χ2n) is 16.4. The van der Waals surface area contributed by atoms with Gasteiger partial charge in [-0.05, 0) is 100 Å². The minimum absolute atomic E-state index is 0.0771. The number of unbranched alkanes of at least 4 members (excludes halogenated alkanes) is 4. The molecule has 8 rings (SSSR count). The lowest BCUT2D eigenvalue weighted by molar-refractivity contribution is -0.143. The molecule has 7 heteroatoms. The first kappa shape index (κ1) is 35.2. The van der Waals surface area contributed by atoms with E-state index in [9.17, 15) is 14.7 Å². The molecule has 1 N–H and O–H groups in total. The van der Waals surface area contributed by atoms with Crippen molar-refractivity contribution in [2.24, 2.45) is 11.8 Å². The predicted molar refractivity (Wildman–Crippen MR) is 203 cm³/mol. The molecule has 3 fully saturated rings. The smallest absolute Gasteiger partial charge is 0.308 e. The van der Waals surface area contributed by atoms with Crippen LogP contribution in [0.3, 0.4) is 0 Å². The van der Waals surface area contributed by atoms with Crippen molar-refractivity contribution in [2.75, 3.05) is 19.6 Å². The number of ether oxygens (including phenoxy) is 2. The third-order valence-electron chi connectivity index (χ3n) is 13.1. The molecule has 2 aliphatic heterocycles. The number of amides is 1. The van der Waals surface area contributed by atoms with Crippen LogP contribution in [0.2, 0.25) is 0 Å². The Kier molecular flexibility index (Phi) is 10.3. The van der Waals surface area contributed by atoms with E-state index in [0.29, 0.717) is 36.4 Å². The maximum Gasteiger partial charge on any atom is 0.308 e. The molecule has 0 aromatic heterocycles. The fourth-order valence-corrected chi connectivity index (χ4v) is 10.6. The average Bonchev–Trinajstić information content (AvgIpc) is 3.90. The van der Waals surface area contributed by atoms with E-state index in [1.807, 2.05) is 0 Å². The van der Waals surface area contributed by atoms with Crippen molar-refractivity contribution in [1.29, 1.82) is 0 Å². The van der Waals surface area contributed by atoms with Crippen LogP contribution in [0.25, 0.3) is 0 Å². The molecule has 2 saturated carbocycles. The first-order chi connectivity index (χ1) is 25.4. The molecule has 1 saturated heterocycles. The molecule has 3 aromatic carbocycles. The lowest BCUT2D eigenvalue weighted by atomic mass is 9.50. The fourth-order valence-electron chi connectivity index (χ4n) is 10.6. The van der Waals surface area contributed by atoms with Crippen LogP contribution < -0.4 is 9.47 Å². The van der Waals surface area contributed by atoms with Crippen LogP contribution in [-0.4, -0.2) is 64.6 Å². The maximum absolute atomic E-state index is 14.5. The fraction of sp³-hybridized carbons (Fsp3) is 0.556. The van der Waals surface area contributed by atoms with Gasteiger partial charge in [0.15, 0.2) is 11.5 Å². The summed E-state index contributed by atoms with van der Waals surface area (Å²) >= 11 is 0. The number of nitrogens with zero attached hydrogens (tertiary/aromatic N) is 2. The van der Waals surface area contributed by atoms with Crippen molar-refractivity contribution in [3.8, 4) is 17.2 Å². The molecule has 7 nitrogen and oxygen atoms in total. The predicted octanol–water partition coefficient (Wildman–Crippen LogP) is 8.18. The molecule has 276 valence electrons. The van der Waals surface area contributed by atoms with E-state index >= 15 is 0 Å². The van der Waals surface area contributed by atoms with E-state index in [1.165, 1.54) is 43.7 Å². The number of likely N-dealkylation sites (tertiary alicyclic amines) is 1. The Hall–Kier alpha value is -3.84. The van der Waals surface area contributed by atoms with Gasteiger partial charge >= 0.3 is 5.97 Å². The molecule has 2 bridgehead atoms. The highest BCUT2D eigenvalue weighted by Crippen LogP contribution is 2.66. The minimum Gasteiger partial charge on any atom is -0.508 e. The maximum atomic E-state index is 14.5. The van der Waals surface area contributed by atoms with Crippen molar-refractivity contribution in [3.63, 3.8) is 0 Å². The number of aromatic hydroxyl groups is 1. The zero-order valence-corrected chi connectivity index (χ0v) is 30.9. The lowest BCUT2D eigenvalue weighted by Gasteiger charge is -2.60. The lowest BCUT2D eigenvalue weighted by Crippen LogP contribution is -2.69. The highest BCUT2D eigenvalue weighted by molar-refractivity contribution is 5.77. The molecule has 1 spiro atoms. The number of phenols is 1. The van der Waals surface area contributed by atoms with Gasteiger partial charge in [0.05, 0.1) is 6.04 Å². The molecular weight excluding hydrogens is 649 g/mol. The van der Waals surface area contributed by atoms with Crippen LogP contribution in [0.4, 0.5) is 0 Å². The Bertz CT molecular complexity index is 1720. The number of carbonyl (C=O) groups excluding carboxylic acids is 2. The molecule has 3 aliphatic carbocycles. The van der Waals surface area contributed by atoms with Crippen molar-refractivity contribution >= 4 is 11.9 Å². The number of piperidine rings is 1. The number of hydrogen-bond donors (Lipinski definition) is 1. The zero-order chi connectivity index (χ0) is 35.7. The van der Waals surface area contributed by atoms with Crippen LogP contribution >= 0.6 is 0 Å². The van der Waals surface area contributed by atoms with Crippen LogP contribution in [0.1, 0.15) is 106 Å². The van der Waals surface area contributed by atoms with E-state index in [1.54, 1.807) is 6.07 Å². The van der Waals surface area contributed by atoms with Gasteiger partial charge in [-0.15, -0.1) is 0 Å². The monoisotopic (exact) mass is 704 g/mol. The highest BCUT2D eigenvalue weighted by atomic mass is 16.6. The third kappa shape index (κ3) is 6.98. The Balaban J connectivity index is 1.03. The Morgan fingerprint density at radius 1 is 0.904 bits per heavy atom. The van der Waals surface area contributed by atoms with E-state index in [-0.39, 0.29) is 29.2 Å². The highest BCUT2D eigenvalue weighted by Gasteiger charge is 2.67. The molecule has 0 unspecified atom stereocenters. The van der Waals surface area contributed by atoms with Crippen LogP contribution in [0, 0.1) is 11.8 Å². The molecule has 1 amide bonds. The van der Waals surface area contributed by atoms with Gasteiger partial charge in [-0.25, -0.2) is 0 Å². The van der Waals surface area contributed by atoms with Crippen LogP contribution in [0.5, 0.6) is 17.2 Å². The molecule has 52 heavy (non-hydrogen) atoms. The van der Waals surface area contributed by atoms with Crippen LogP contribution in [0.15, 0.2) is 66.7 Å². The Morgan fingerprint density at radius 2 is 1.60 bits per heavy atom. The largest absolute Gasteiger partial charge is 0.508 e. The summed E-state index contributed by atoms with van der Waals surface area (Å²) in [5.41, 5.74) is 4.40. The number of carbonyl (C=O) groups is 2. The van der Waals surface area contributed by atoms with Gasteiger partial charge in [0, 0.05) is 55.1 Å². The summed E-state index contributed by atoms with van der Waals surface area (Å²) < 4.78 is 12.8. The number of esters is 1. The van der Waals surface area contributed by atoms with E-state index in [2.05, 4.69) is 70.5 Å². The second-order valence-corrected chi connectivity index (χ2v) is 16.4. The van der Waals surface area contributed by atoms with E-state index in [4.69, 9.17) is 9.47 Å². The number of rotatable bonds is 16. The summed E-state index contributed by atoms with van der Waals surface area (Å²) in [5.74, 6) is 2.13. The van der Waals surface area contributed by atoms with E-state index < -0.39 is 5.97 Å². The number of phenolic OH excluding ortho intramolecular Hbond substituents is 1. The number of aryl methyl sites for hydroxylation is 2. The first-order valence-electron chi connectivity index (χ1n) is 20.3. The molecule has 2 heterocycles. The van der Waals surface area contributed by atoms with E-state index in [0.717, 1.165) is 94.3 Å². The van der Waals surface area contributed by atoms with Gasteiger partial charge < -0.3 is 19.5 Å². The van der Waals surface area contributed by atoms with Crippen molar-refractivity contribution in [2.45, 2.75) is 127 Å². The molecule has 0 radical (unpaired) electrons. The van der Waals surface area contributed by atoms with Gasteiger partial charge in [0.25, 0.3) is 0 Å². The Morgan fingerprint density at radius 3 is 2.31 bits per heavy atom. The molecule has 3 aromatic rings. The SMILES string of the molecule is CC(=O)Oc1cc(O)c2c3c1O[C@H]1[C@@H](N(CCCc4ccccc4)C(=O)CCCCCCCc4ccccc4)CC[C@H]4[C@@H](C2)N(CC2CC2)CC[C@@]341. The summed E-state index contributed by atoms with van der Waals surface area (Å²) in [6.07, 6.45) is 15.0. The summed E-state index contributed by atoms with van der Waals surface area (Å²) in [4.78, 5) is 31.7. The zero-order valence-electron chi connectivity index (χ0n) is 30.9. The van der Waals surface area contributed by atoms with Gasteiger partial charge in [-0.2, -0.15) is 0 Å². The summed E-state index contributed by atoms with van der Waals surface area (Å²) in [7, 11) is 0. The van der Waals surface area contributed by atoms with Gasteiger partial charge in [0.1, 0.15) is 11.9 Å². The summed E-state index contributed by atoms with van der Waals surface area (Å²) in [6, 6.07) is 23.1. The Labute approximate surface area is 309 Å². The third-order valence-corrected chi connectivity index (χ3v) is 13.1. The number of hydrogen-bond acceptors (Lipinski definition) is 6. The van der Waals surface area contributed by atoms with Crippen molar-refractivity contribution in [1.82, 2.24) is 9.80 Å². The van der Waals surface area contributed by atoms with Crippen molar-refractivity contribution in [3.05, 3.63) is 89.0 Å². The second kappa shape index (κ2) is 15.3. The van der Waals surface area contributed by atoms with Gasteiger partial charge in [0.2, 0.25) is 5.91 Å².